The summed E-state index contributed by atoms with van der Waals surface area (Å²) in [5, 5.41) is 9.16. The second-order valence-corrected chi connectivity index (χ2v) is 7.77. The van der Waals surface area contributed by atoms with Crippen LogP contribution in [0.25, 0.3) is 26.9 Å². The summed E-state index contributed by atoms with van der Waals surface area (Å²) < 4.78 is 4.70. The Morgan fingerprint density at radius 2 is 1.93 bits per heavy atom. The Morgan fingerprint density at radius 3 is 2.72 bits per heavy atom. The second kappa shape index (κ2) is 6.69. The number of hydrogen-bond donors (Lipinski definition) is 0. The van der Waals surface area contributed by atoms with Gasteiger partial charge in [0.15, 0.2) is 0 Å². The Kier molecular flexibility index (Phi) is 4.00. The summed E-state index contributed by atoms with van der Waals surface area (Å²) in [5.74, 6) is 0.893. The van der Waals surface area contributed by atoms with Gasteiger partial charge in [-0.05, 0) is 48.9 Å². The van der Waals surface area contributed by atoms with E-state index in [-0.39, 0.29) is 4.87 Å². The molecule has 0 spiro atoms. The Hall–Kier alpha value is -3.76. The molecule has 7 heteroatoms. The minimum atomic E-state index is -0.0249. The first-order chi connectivity index (χ1) is 14.1. The van der Waals surface area contributed by atoms with Crippen molar-refractivity contribution in [1.82, 2.24) is 19.1 Å². The number of aromatic nitrogens is 4. The van der Waals surface area contributed by atoms with Gasteiger partial charge in [0.2, 0.25) is 0 Å². The largest absolute Gasteiger partial charge is 0.308 e. The molecule has 0 saturated heterocycles. The molecule has 0 aliphatic rings. The zero-order valence-corrected chi connectivity index (χ0v) is 16.3. The lowest BCUT2D eigenvalue weighted by Gasteiger charge is -2.09. The van der Waals surface area contributed by atoms with Gasteiger partial charge in [-0.15, -0.1) is 0 Å². The summed E-state index contributed by atoms with van der Waals surface area (Å²) in [6, 6.07) is 17.5. The van der Waals surface area contributed by atoms with Crippen LogP contribution in [0.15, 0.2) is 65.7 Å². The number of benzene rings is 2. The van der Waals surface area contributed by atoms with Crippen molar-refractivity contribution in [1.29, 1.82) is 5.26 Å². The second-order valence-electron chi connectivity index (χ2n) is 6.77. The van der Waals surface area contributed by atoms with Gasteiger partial charge >= 0.3 is 4.87 Å². The van der Waals surface area contributed by atoms with Crippen molar-refractivity contribution in [2.24, 2.45) is 0 Å². The van der Waals surface area contributed by atoms with Gasteiger partial charge in [-0.1, -0.05) is 23.5 Å². The first-order valence-electron chi connectivity index (χ1n) is 9.06. The van der Waals surface area contributed by atoms with E-state index in [1.165, 1.54) is 11.3 Å². The molecule has 5 rings (SSSR count). The molecule has 0 bridgehead atoms. The van der Waals surface area contributed by atoms with E-state index in [0.717, 1.165) is 38.3 Å². The molecular weight excluding hydrogens is 382 g/mol. The first kappa shape index (κ1) is 17.3. The Bertz CT molecular complexity index is 1470. The number of nitriles is 1. The summed E-state index contributed by atoms with van der Waals surface area (Å²) >= 11 is 1.20. The van der Waals surface area contributed by atoms with Crippen molar-refractivity contribution in [2.75, 3.05) is 0 Å². The van der Waals surface area contributed by atoms with Gasteiger partial charge in [0.25, 0.3) is 0 Å². The molecule has 0 saturated carbocycles. The number of rotatable bonds is 3. The predicted octanol–water partition coefficient (Wildman–Crippen LogP) is 4.03. The summed E-state index contributed by atoms with van der Waals surface area (Å²) in [7, 11) is 0. The van der Waals surface area contributed by atoms with Crippen molar-refractivity contribution < 1.29 is 0 Å². The van der Waals surface area contributed by atoms with Gasteiger partial charge in [-0.2, -0.15) is 5.26 Å². The fourth-order valence-corrected chi connectivity index (χ4v) is 4.46. The average Bonchev–Trinajstić information content (AvgIpc) is 3.24. The van der Waals surface area contributed by atoms with Crippen LogP contribution in [0.3, 0.4) is 0 Å². The third-order valence-corrected chi connectivity index (χ3v) is 5.92. The lowest BCUT2D eigenvalue weighted by atomic mass is 10.2. The normalized spacial score (nSPS) is 11.2. The highest BCUT2D eigenvalue weighted by Gasteiger charge is 2.11. The third kappa shape index (κ3) is 2.91. The fourth-order valence-electron chi connectivity index (χ4n) is 3.59. The van der Waals surface area contributed by atoms with E-state index in [2.05, 4.69) is 20.6 Å². The van der Waals surface area contributed by atoms with E-state index < -0.39 is 0 Å². The molecule has 0 amide bonds. The van der Waals surface area contributed by atoms with Gasteiger partial charge in [0.1, 0.15) is 11.3 Å². The maximum absolute atomic E-state index is 12.5. The van der Waals surface area contributed by atoms with Gasteiger partial charge in [0.05, 0.1) is 40.1 Å². The molecule has 0 fully saturated rings. The Balaban J connectivity index is 1.53. The van der Waals surface area contributed by atoms with Gasteiger partial charge in [0, 0.05) is 11.9 Å². The van der Waals surface area contributed by atoms with Crippen LogP contribution in [-0.4, -0.2) is 19.1 Å². The number of nitrogens with zero attached hydrogens (tertiary/aromatic N) is 5. The summed E-state index contributed by atoms with van der Waals surface area (Å²) in [6.07, 6.45) is 3.52. The molecule has 0 aliphatic heterocycles. The maximum Gasteiger partial charge on any atom is 0.308 e. The fraction of sp³-hybridized carbons (Fsp3) is 0.0909. The molecular formula is C22H15N5OS. The quantitative estimate of drug-likeness (QED) is 0.461. The highest BCUT2D eigenvalue weighted by molar-refractivity contribution is 7.16. The lowest BCUT2D eigenvalue weighted by Crippen LogP contribution is -2.13. The van der Waals surface area contributed by atoms with E-state index in [1.807, 2.05) is 43.3 Å². The van der Waals surface area contributed by atoms with Crippen LogP contribution in [-0.2, 0) is 6.54 Å². The van der Waals surface area contributed by atoms with Crippen molar-refractivity contribution in [3.63, 3.8) is 0 Å². The minimum Gasteiger partial charge on any atom is -0.296 e. The molecule has 3 aromatic heterocycles. The van der Waals surface area contributed by atoms with Gasteiger partial charge < -0.3 is 0 Å². The van der Waals surface area contributed by atoms with Gasteiger partial charge in [-0.25, -0.2) is 4.98 Å². The summed E-state index contributed by atoms with van der Waals surface area (Å²) in [6.45, 7) is 2.43. The van der Waals surface area contributed by atoms with E-state index in [9.17, 15) is 4.79 Å². The van der Waals surface area contributed by atoms with Crippen molar-refractivity contribution in [3.05, 3.63) is 87.5 Å². The zero-order chi connectivity index (χ0) is 20.0. The summed E-state index contributed by atoms with van der Waals surface area (Å²) in [5.41, 5.74) is 5.24. The van der Waals surface area contributed by atoms with Crippen LogP contribution in [0.5, 0.6) is 0 Å². The number of imidazole rings is 1. The minimum absolute atomic E-state index is 0.0249. The van der Waals surface area contributed by atoms with Crippen molar-refractivity contribution in [3.8, 4) is 11.8 Å². The molecule has 140 valence electrons. The van der Waals surface area contributed by atoms with E-state index in [1.54, 1.807) is 29.1 Å². The lowest BCUT2D eigenvalue weighted by molar-refractivity contribution is 0.815. The highest BCUT2D eigenvalue weighted by Crippen LogP contribution is 2.22. The molecule has 3 heterocycles. The SMILES string of the molecule is Cc1nc2cnccc2n1-c1ccc(Cn2c(=O)sc3ccc(C#N)cc32)cc1. The van der Waals surface area contributed by atoms with Crippen LogP contribution in [0, 0.1) is 18.3 Å². The molecule has 6 nitrogen and oxygen atoms in total. The molecule has 0 radical (unpaired) electrons. The molecule has 0 aliphatic carbocycles. The molecule has 0 N–H and O–H groups in total. The average molecular weight is 397 g/mol. The van der Waals surface area contributed by atoms with Crippen LogP contribution >= 0.6 is 11.3 Å². The van der Waals surface area contributed by atoms with Crippen LogP contribution in [0.2, 0.25) is 0 Å². The number of fused-ring (bicyclic) bond motifs is 2. The van der Waals surface area contributed by atoms with Crippen LogP contribution < -0.4 is 4.87 Å². The molecule has 29 heavy (non-hydrogen) atoms. The molecule has 5 aromatic rings. The van der Waals surface area contributed by atoms with Gasteiger partial charge in [-0.3, -0.25) is 18.9 Å². The standard InChI is InChI=1S/C22H15N5OS/c1-14-25-18-12-24-9-8-19(18)27(14)17-5-2-15(3-6-17)13-26-20-10-16(11-23)4-7-21(20)29-22(26)28/h2-10,12H,13H2,1H3. The van der Waals surface area contributed by atoms with Crippen LogP contribution in [0.4, 0.5) is 0 Å². The monoisotopic (exact) mass is 397 g/mol. The highest BCUT2D eigenvalue weighted by atomic mass is 32.1. The van der Waals surface area contributed by atoms with Crippen molar-refractivity contribution in [2.45, 2.75) is 13.5 Å². The maximum atomic E-state index is 12.5. The summed E-state index contributed by atoms with van der Waals surface area (Å²) in [4.78, 5) is 21.1. The van der Waals surface area contributed by atoms with E-state index in [4.69, 9.17) is 5.26 Å². The number of thiazole rings is 1. The predicted molar refractivity (Wildman–Crippen MR) is 114 cm³/mol. The van der Waals surface area contributed by atoms with E-state index >= 15 is 0 Å². The van der Waals surface area contributed by atoms with Crippen molar-refractivity contribution >= 4 is 32.6 Å². The third-order valence-electron chi connectivity index (χ3n) is 4.96. The molecule has 0 atom stereocenters. The molecule has 2 aromatic carbocycles. The first-order valence-corrected chi connectivity index (χ1v) is 9.87. The number of hydrogen-bond acceptors (Lipinski definition) is 5. The smallest absolute Gasteiger partial charge is 0.296 e. The number of aryl methyl sites for hydroxylation is 1. The zero-order valence-electron chi connectivity index (χ0n) is 15.5. The topological polar surface area (TPSA) is 76.5 Å². The number of pyridine rings is 1. The Labute approximate surface area is 169 Å². The van der Waals surface area contributed by atoms with Crippen LogP contribution in [0.1, 0.15) is 17.0 Å². The van der Waals surface area contributed by atoms with E-state index in [0.29, 0.717) is 12.1 Å². The Morgan fingerprint density at radius 1 is 1.10 bits per heavy atom. The molecule has 0 unspecified atom stereocenters.